The number of nitrogens with zero attached hydrogens (tertiary/aromatic N) is 1. The Labute approximate surface area is 200 Å². The normalized spacial score (nSPS) is 23.6. The van der Waals surface area contributed by atoms with Gasteiger partial charge in [-0.3, -0.25) is 9.59 Å². The summed E-state index contributed by atoms with van der Waals surface area (Å²) in [6.45, 7) is 3.72. The number of aliphatic hydroxyl groups is 1. The first-order valence-electron chi connectivity index (χ1n) is 12.5. The summed E-state index contributed by atoms with van der Waals surface area (Å²) < 4.78 is 17.9. The third-order valence-corrected chi connectivity index (χ3v) is 6.83. The van der Waals surface area contributed by atoms with Crippen molar-refractivity contribution >= 4 is 16.9 Å². The highest BCUT2D eigenvalue weighted by Crippen LogP contribution is 2.39. The van der Waals surface area contributed by atoms with Gasteiger partial charge in [0.1, 0.15) is 5.58 Å². The van der Waals surface area contributed by atoms with Crippen LogP contribution < -0.4 is 5.43 Å². The number of hydrogen-bond donors (Lipinski definition) is 1. The Kier molecular flexibility index (Phi) is 8.40. The van der Waals surface area contributed by atoms with Crippen molar-refractivity contribution in [3.05, 3.63) is 58.2 Å². The first-order chi connectivity index (χ1) is 16.6. The third kappa shape index (κ3) is 5.36. The lowest BCUT2D eigenvalue weighted by atomic mass is 9.80. The average Bonchev–Trinajstić information content (AvgIpc) is 2.83. The van der Waals surface area contributed by atoms with Gasteiger partial charge < -0.3 is 23.9 Å². The lowest BCUT2D eigenvalue weighted by molar-refractivity contribution is -0.170. The largest absolute Gasteiger partial charge is 0.464 e. The van der Waals surface area contributed by atoms with Crippen molar-refractivity contribution in [3.8, 4) is 0 Å². The highest BCUT2D eigenvalue weighted by Gasteiger charge is 2.40. The van der Waals surface area contributed by atoms with Crippen molar-refractivity contribution in [1.29, 1.82) is 0 Å². The first-order valence-corrected chi connectivity index (χ1v) is 12.5. The van der Waals surface area contributed by atoms with Gasteiger partial charge in [-0.25, -0.2) is 0 Å². The lowest BCUT2D eigenvalue weighted by Gasteiger charge is -2.37. The zero-order valence-electron chi connectivity index (χ0n) is 19.9. The van der Waals surface area contributed by atoms with Crippen molar-refractivity contribution in [3.63, 3.8) is 0 Å². The molecule has 0 bridgehead atoms. The van der Waals surface area contributed by atoms with E-state index in [-0.39, 0.29) is 29.6 Å². The van der Waals surface area contributed by atoms with Gasteiger partial charge in [0.05, 0.1) is 11.6 Å². The van der Waals surface area contributed by atoms with Crippen LogP contribution in [0.1, 0.15) is 63.4 Å². The van der Waals surface area contributed by atoms with Crippen molar-refractivity contribution in [2.45, 2.75) is 64.1 Å². The first kappa shape index (κ1) is 24.5. The zero-order valence-corrected chi connectivity index (χ0v) is 19.9. The molecule has 3 atom stereocenters. The highest BCUT2D eigenvalue weighted by molar-refractivity contribution is 5.92. The molecule has 1 fully saturated rings. The Morgan fingerprint density at radius 2 is 1.88 bits per heavy atom. The minimum atomic E-state index is -0.689. The average molecular weight is 470 g/mol. The highest BCUT2D eigenvalue weighted by atomic mass is 16.7. The molecule has 0 saturated carbocycles. The van der Waals surface area contributed by atoms with Gasteiger partial charge in [0, 0.05) is 43.7 Å². The molecule has 1 saturated heterocycles. The molecule has 1 N–H and O–H groups in total. The second kappa shape index (κ2) is 11.7. The second-order valence-electron chi connectivity index (χ2n) is 9.10. The maximum absolute atomic E-state index is 13.5. The molecule has 1 aromatic heterocycles. The maximum Gasteiger partial charge on any atom is 0.288 e. The fourth-order valence-electron chi connectivity index (χ4n) is 5.04. The van der Waals surface area contributed by atoms with Gasteiger partial charge in [-0.05, 0) is 50.8 Å². The SMILES string of the molecule is CCO[C@H]1OC(C(=O)N2CCCCCCC2)=C[C@@H](c2coc3ccccc3c2=O)[C@H]1CCCO. The smallest absolute Gasteiger partial charge is 0.288 e. The molecule has 0 spiro atoms. The number of para-hydroxylation sites is 1. The summed E-state index contributed by atoms with van der Waals surface area (Å²) >= 11 is 0. The summed E-state index contributed by atoms with van der Waals surface area (Å²) in [5, 5.41) is 9.99. The fraction of sp³-hybridized carbons (Fsp3) is 0.556. The molecule has 0 aliphatic carbocycles. The van der Waals surface area contributed by atoms with Crippen LogP contribution in [0.5, 0.6) is 0 Å². The van der Waals surface area contributed by atoms with E-state index in [1.807, 2.05) is 24.0 Å². The Morgan fingerprint density at radius 1 is 1.15 bits per heavy atom. The van der Waals surface area contributed by atoms with Crippen molar-refractivity contribution in [1.82, 2.24) is 4.90 Å². The molecule has 4 rings (SSSR count). The summed E-state index contributed by atoms with van der Waals surface area (Å²) in [6, 6.07) is 7.16. The van der Waals surface area contributed by atoms with E-state index >= 15 is 0 Å². The molecular formula is C27H35NO6. The number of benzene rings is 1. The molecule has 1 amide bonds. The van der Waals surface area contributed by atoms with Gasteiger partial charge in [-0.1, -0.05) is 31.4 Å². The van der Waals surface area contributed by atoms with Crippen LogP contribution in [0.15, 0.2) is 51.6 Å². The van der Waals surface area contributed by atoms with Gasteiger partial charge in [-0.15, -0.1) is 0 Å². The number of hydrogen-bond acceptors (Lipinski definition) is 6. The van der Waals surface area contributed by atoms with E-state index in [0.717, 1.165) is 25.7 Å². The van der Waals surface area contributed by atoms with E-state index in [4.69, 9.17) is 13.9 Å². The Hall–Kier alpha value is -2.64. The number of rotatable bonds is 7. The Balaban J connectivity index is 1.75. The van der Waals surface area contributed by atoms with Crippen LogP contribution in [0.3, 0.4) is 0 Å². The zero-order chi connectivity index (χ0) is 23.9. The molecule has 184 valence electrons. The summed E-state index contributed by atoms with van der Waals surface area (Å²) in [5.41, 5.74) is 0.886. The molecule has 2 aromatic rings. The van der Waals surface area contributed by atoms with Crippen molar-refractivity contribution < 1.29 is 23.8 Å². The minimum absolute atomic E-state index is 0.0255. The number of fused-ring (bicyclic) bond motifs is 1. The van der Waals surface area contributed by atoms with Gasteiger partial charge in [0.25, 0.3) is 5.91 Å². The van der Waals surface area contributed by atoms with E-state index in [2.05, 4.69) is 0 Å². The number of amides is 1. The van der Waals surface area contributed by atoms with E-state index in [1.165, 1.54) is 12.7 Å². The second-order valence-corrected chi connectivity index (χ2v) is 9.10. The van der Waals surface area contributed by atoms with Crippen LogP contribution in [0.2, 0.25) is 0 Å². The van der Waals surface area contributed by atoms with Crippen molar-refractivity contribution in [2.75, 3.05) is 26.3 Å². The van der Waals surface area contributed by atoms with Crippen LogP contribution in [0, 0.1) is 5.92 Å². The Bertz CT molecular complexity index is 1050. The topological polar surface area (TPSA) is 89.2 Å². The molecule has 7 heteroatoms. The molecular weight excluding hydrogens is 434 g/mol. The number of likely N-dealkylation sites (tertiary alicyclic amines) is 1. The molecule has 2 aliphatic heterocycles. The molecule has 2 aliphatic rings. The van der Waals surface area contributed by atoms with E-state index in [0.29, 0.717) is 49.1 Å². The summed E-state index contributed by atoms with van der Waals surface area (Å²) in [6.07, 6.45) is 9.12. The molecule has 1 aromatic carbocycles. The summed E-state index contributed by atoms with van der Waals surface area (Å²) in [5.74, 6) is -0.578. The monoisotopic (exact) mass is 469 g/mol. The summed E-state index contributed by atoms with van der Waals surface area (Å²) in [4.78, 5) is 28.8. The van der Waals surface area contributed by atoms with Gasteiger partial charge in [0.15, 0.2) is 11.2 Å². The fourth-order valence-corrected chi connectivity index (χ4v) is 5.04. The molecule has 0 radical (unpaired) electrons. The van der Waals surface area contributed by atoms with E-state index < -0.39 is 12.2 Å². The number of ether oxygens (including phenoxy) is 2. The Morgan fingerprint density at radius 3 is 2.62 bits per heavy atom. The van der Waals surface area contributed by atoms with Gasteiger partial charge >= 0.3 is 0 Å². The summed E-state index contributed by atoms with van der Waals surface area (Å²) in [7, 11) is 0. The van der Waals surface area contributed by atoms with Gasteiger partial charge in [0.2, 0.25) is 6.29 Å². The van der Waals surface area contributed by atoms with Crippen LogP contribution >= 0.6 is 0 Å². The molecule has 0 unspecified atom stereocenters. The predicted molar refractivity (Wildman–Crippen MR) is 129 cm³/mol. The lowest BCUT2D eigenvalue weighted by Crippen LogP contribution is -2.42. The van der Waals surface area contributed by atoms with Crippen molar-refractivity contribution in [2.24, 2.45) is 5.92 Å². The molecule has 3 heterocycles. The number of allylic oxidation sites excluding steroid dienone is 1. The van der Waals surface area contributed by atoms with Crippen LogP contribution in [0.4, 0.5) is 0 Å². The number of carbonyl (C=O) groups excluding carboxylic acids is 1. The predicted octanol–water partition coefficient (Wildman–Crippen LogP) is 4.33. The number of carbonyl (C=O) groups is 1. The molecule has 34 heavy (non-hydrogen) atoms. The van der Waals surface area contributed by atoms with E-state index in [1.54, 1.807) is 18.2 Å². The third-order valence-electron chi connectivity index (χ3n) is 6.83. The van der Waals surface area contributed by atoms with E-state index in [9.17, 15) is 14.7 Å². The van der Waals surface area contributed by atoms with Gasteiger partial charge in [-0.2, -0.15) is 0 Å². The van der Waals surface area contributed by atoms with Crippen LogP contribution in [-0.4, -0.2) is 48.5 Å². The number of aliphatic hydroxyl groups excluding tert-OH is 1. The quantitative estimate of drug-likeness (QED) is 0.649. The van der Waals surface area contributed by atoms with Crippen LogP contribution in [0.25, 0.3) is 11.0 Å². The maximum atomic E-state index is 13.5. The minimum Gasteiger partial charge on any atom is -0.464 e. The molecule has 7 nitrogen and oxygen atoms in total. The van der Waals surface area contributed by atoms with Crippen LogP contribution in [-0.2, 0) is 14.3 Å². The standard InChI is InChI=1S/C27H35NO6/c1-2-32-27-19(12-10-16-29)21(22-18-33-23-13-7-6-11-20(23)25(22)30)17-24(34-27)26(31)28-14-8-4-3-5-9-15-28/h6-7,11,13,17-19,21,27,29H,2-5,8-10,12,14-16H2,1H3/t19-,21-,27+/m1/s1.